The SMILES string of the molecule is CC(C)[Si](C1=CCC(C(C)(C)C)=CC1)(C(C)C)C(C)C. The van der Waals surface area contributed by atoms with Gasteiger partial charge in [0.1, 0.15) is 0 Å². The van der Waals surface area contributed by atoms with Gasteiger partial charge in [0.05, 0.1) is 8.07 Å². The number of allylic oxidation sites excluding steroid dienone is 4. The minimum atomic E-state index is -1.40. The summed E-state index contributed by atoms with van der Waals surface area (Å²) in [5.74, 6) is 0. The van der Waals surface area contributed by atoms with Crippen LogP contribution in [0.2, 0.25) is 16.6 Å². The van der Waals surface area contributed by atoms with Crippen molar-refractivity contribution in [2.24, 2.45) is 5.41 Å². The van der Waals surface area contributed by atoms with E-state index in [1.165, 1.54) is 12.8 Å². The predicted octanol–water partition coefficient (Wildman–Crippen LogP) is 6.90. The van der Waals surface area contributed by atoms with Crippen LogP contribution in [0.5, 0.6) is 0 Å². The first-order chi connectivity index (χ1) is 9.04. The second kappa shape index (κ2) is 6.21. The molecule has 0 radical (unpaired) electrons. The molecule has 0 spiro atoms. The van der Waals surface area contributed by atoms with Gasteiger partial charge in [-0.25, -0.2) is 0 Å². The van der Waals surface area contributed by atoms with E-state index in [-0.39, 0.29) is 0 Å². The molecule has 0 N–H and O–H groups in total. The molecular weight excluding hydrogens is 256 g/mol. The van der Waals surface area contributed by atoms with E-state index in [4.69, 9.17) is 0 Å². The van der Waals surface area contributed by atoms with Crippen molar-refractivity contribution in [1.82, 2.24) is 0 Å². The molecule has 0 atom stereocenters. The van der Waals surface area contributed by atoms with Gasteiger partial charge in [-0.05, 0) is 34.9 Å². The van der Waals surface area contributed by atoms with Crippen molar-refractivity contribution in [1.29, 1.82) is 0 Å². The van der Waals surface area contributed by atoms with Crippen LogP contribution in [0, 0.1) is 5.41 Å². The van der Waals surface area contributed by atoms with E-state index in [1.54, 1.807) is 5.57 Å². The summed E-state index contributed by atoms with van der Waals surface area (Å²) >= 11 is 0. The van der Waals surface area contributed by atoms with Crippen LogP contribution >= 0.6 is 0 Å². The Hall–Kier alpha value is -0.303. The van der Waals surface area contributed by atoms with Gasteiger partial charge in [0.2, 0.25) is 0 Å². The molecule has 0 saturated carbocycles. The molecule has 0 aromatic rings. The third kappa shape index (κ3) is 3.13. The smallest absolute Gasteiger partial charge is 0.0847 e. The van der Waals surface area contributed by atoms with Gasteiger partial charge in [-0.3, -0.25) is 0 Å². The quantitative estimate of drug-likeness (QED) is 0.390. The van der Waals surface area contributed by atoms with Gasteiger partial charge in [0.15, 0.2) is 0 Å². The molecule has 0 aromatic heterocycles. The van der Waals surface area contributed by atoms with Gasteiger partial charge in [-0.1, -0.05) is 85.2 Å². The van der Waals surface area contributed by atoms with Crippen LogP contribution in [0.3, 0.4) is 0 Å². The number of rotatable bonds is 4. The minimum Gasteiger partial charge on any atom is -0.0847 e. The fourth-order valence-corrected chi connectivity index (χ4v) is 11.8. The third-order valence-corrected chi connectivity index (χ3v) is 12.8. The molecule has 1 rings (SSSR count). The van der Waals surface area contributed by atoms with Crippen LogP contribution in [0.4, 0.5) is 0 Å². The van der Waals surface area contributed by atoms with Gasteiger partial charge in [0, 0.05) is 0 Å². The summed E-state index contributed by atoms with van der Waals surface area (Å²) in [6, 6.07) is 0. The lowest BCUT2D eigenvalue weighted by Gasteiger charge is -2.46. The molecule has 1 aliphatic rings. The molecule has 1 heteroatoms. The first-order valence-electron chi connectivity index (χ1n) is 8.43. The topological polar surface area (TPSA) is 0 Å². The van der Waals surface area contributed by atoms with Crippen LogP contribution in [-0.2, 0) is 0 Å². The van der Waals surface area contributed by atoms with Crippen molar-refractivity contribution in [2.75, 3.05) is 0 Å². The van der Waals surface area contributed by atoms with Crippen molar-refractivity contribution in [3.8, 4) is 0 Å². The Morgan fingerprint density at radius 3 is 1.50 bits per heavy atom. The lowest BCUT2D eigenvalue weighted by Crippen LogP contribution is -2.47. The van der Waals surface area contributed by atoms with Gasteiger partial charge < -0.3 is 0 Å². The van der Waals surface area contributed by atoms with E-state index >= 15 is 0 Å². The van der Waals surface area contributed by atoms with E-state index in [0.717, 1.165) is 16.6 Å². The molecule has 0 heterocycles. The Morgan fingerprint density at radius 2 is 1.25 bits per heavy atom. The Bertz CT molecular complexity index is 367. The van der Waals surface area contributed by atoms with Crippen LogP contribution < -0.4 is 0 Å². The third-order valence-electron chi connectivity index (χ3n) is 5.52. The minimum absolute atomic E-state index is 0.333. The molecular formula is C19H36Si. The molecule has 0 aromatic carbocycles. The van der Waals surface area contributed by atoms with Crippen LogP contribution in [-0.4, -0.2) is 8.07 Å². The van der Waals surface area contributed by atoms with E-state index < -0.39 is 8.07 Å². The fourth-order valence-electron chi connectivity index (χ4n) is 4.71. The highest BCUT2D eigenvalue weighted by atomic mass is 28.3. The maximum absolute atomic E-state index is 2.62. The Balaban J connectivity index is 3.13. The maximum atomic E-state index is 2.62. The highest BCUT2D eigenvalue weighted by Crippen LogP contribution is 2.49. The van der Waals surface area contributed by atoms with Gasteiger partial charge in [-0.2, -0.15) is 0 Å². The Kier molecular flexibility index (Phi) is 5.51. The maximum Gasteiger partial charge on any atom is 0.0891 e. The Labute approximate surface area is 128 Å². The average molecular weight is 293 g/mol. The summed E-state index contributed by atoms with van der Waals surface area (Å²) in [6.45, 7) is 21.8. The first kappa shape index (κ1) is 17.7. The lowest BCUT2D eigenvalue weighted by atomic mass is 9.82. The monoisotopic (exact) mass is 292 g/mol. The zero-order valence-electron chi connectivity index (χ0n) is 15.3. The van der Waals surface area contributed by atoms with Crippen LogP contribution in [0.1, 0.15) is 75.2 Å². The average Bonchev–Trinajstić information content (AvgIpc) is 2.27. The number of hydrogen-bond acceptors (Lipinski definition) is 0. The van der Waals surface area contributed by atoms with Crippen molar-refractivity contribution in [3.63, 3.8) is 0 Å². The summed E-state index contributed by atoms with van der Waals surface area (Å²) in [6.07, 6.45) is 7.56. The zero-order valence-corrected chi connectivity index (χ0v) is 16.3. The largest absolute Gasteiger partial charge is 0.0891 e. The first-order valence-corrected chi connectivity index (χ1v) is 10.7. The molecule has 0 saturated heterocycles. The molecule has 0 bridgehead atoms. The van der Waals surface area contributed by atoms with Crippen molar-refractivity contribution < 1.29 is 0 Å². The Morgan fingerprint density at radius 1 is 0.800 bits per heavy atom. The van der Waals surface area contributed by atoms with E-state index in [9.17, 15) is 0 Å². The highest BCUT2D eigenvalue weighted by molar-refractivity contribution is 6.89. The van der Waals surface area contributed by atoms with Crippen LogP contribution in [0.15, 0.2) is 22.9 Å². The summed E-state index contributed by atoms with van der Waals surface area (Å²) in [7, 11) is -1.40. The summed E-state index contributed by atoms with van der Waals surface area (Å²) < 4.78 is 0. The standard InChI is InChI=1S/C19H36Si/c1-14(2)20(15(3)4,16(5)6)18-12-10-17(11-13-18)19(7,8)9/h10,13-16H,11-12H2,1-9H3. The molecule has 0 aliphatic heterocycles. The predicted molar refractivity (Wildman–Crippen MR) is 95.9 cm³/mol. The van der Waals surface area contributed by atoms with E-state index in [1.807, 2.05) is 5.20 Å². The van der Waals surface area contributed by atoms with E-state index in [2.05, 4.69) is 74.5 Å². The second-order valence-corrected chi connectivity index (χ2v) is 14.5. The molecule has 0 nitrogen and oxygen atoms in total. The molecule has 0 fully saturated rings. The van der Waals surface area contributed by atoms with Crippen molar-refractivity contribution in [2.45, 2.75) is 91.8 Å². The highest BCUT2D eigenvalue weighted by Gasteiger charge is 2.45. The zero-order chi connectivity index (χ0) is 15.7. The molecule has 116 valence electrons. The molecule has 20 heavy (non-hydrogen) atoms. The summed E-state index contributed by atoms with van der Waals surface area (Å²) in [4.78, 5) is 0. The molecule has 1 aliphatic carbocycles. The van der Waals surface area contributed by atoms with Crippen molar-refractivity contribution >= 4 is 8.07 Å². The van der Waals surface area contributed by atoms with Crippen molar-refractivity contribution in [3.05, 3.63) is 22.9 Å². The summed E-state index contributed by atoms with van der Waals surface area (Å²) in [5.41, 5.74) is 4.45. The van der Waals surface area contributed by atoms with E-state index in [0.29, 0.717) is 5.41 Å². The molecule has 0 unspecified atom stereocenters. The lowest BCUT2D eigenvalue weighted by molar-refractivity contribution is 0.489. The van der Waals surface area contributed by atoms with Crippen LogP contribution in [0.25, 0.3) is 0 Å². The fraction of sp³-hybridized carbons (Fsp3) is 0.789. The van der Waals surface area contributed by atoms with Gasteiger partial charge in [0.25, 0.3) is 0 Å². The molecule has 0 amide bonds. The normalized spacial score (nSPS) is 17.8. The van der Waals surface area contributed by atoms with Gasteiger partial charge >= 0.3 is 0 Å². The van der Waals surface area contributed by atoms with Gasteiger partial charge in [-0.15, -0.1) is 0 Å². The summed E-state index contributed by atoms with van der Waals surface area (Å²) in [5, 5.41) is 1.82. The number of hydrogen-bond donors (Lipinski definition) is 0. The second-order valence-electron chi connectivity index (χ2n) is 8.51.